The first kappa shape index (κ1) is 20.9. The summed E-state index contributed by atoms with van der Waals surface area (Å²) in [5.74, 6) is 4.91. The summed E-state index contributed by atoms with van der Waals surface area (Å²) in [6, 6.07) is 0. The topological polar surface area (TPSA) is 26.3 Å². The number of rotatable bonds is 4. The molecule has 28 heavy (non-hydrogen) atoms. The van der Waals surface area contributed by atoms with E-state index in [-0.39, 0.29) is 5.97 Å². The number of allylic oxidation sites excluding steroid dienone is 2. The molecule has 0 N–H and O–H groups in total. The van der Waals surface area contributed by atoms with Gasteiger partial charge in [0.1, 0.15) is 0 Å². The molecule has 9 atom stereocenters. The van der Waals surface area contributed by atoms with Crippen LogP contribution in [-0.4, -0.2) is 5.97 Å². The molecule has 158 valence electrons. The summed E-state index contributed by atoms with van der Waals surface area (Å²) in [5, 5.41) is 0. The molecule has 0 heterocycles. The van der Waals surface area contributed by atoms with Gasteiger partial charge < -0.3 is 4.52 Å². The first-order valence-corrected chi connectivity index (χ1v) is 12.4. The van der Waals surface area contributed by atoms with Crippen LogP contribution in [0.15, 0.2) is 11.6 Å². The van der Waals surface area contributed by atoms with Gasteiger partial charge in [-0.05, 0) is 104 Å². The Balaban J connectivity index is 1.51. The summed E-state index contributed by atoms with van der Waals surface area (Å²) in [6.07, 6.45) is 15.4. The van der Waals surface area contributed by atoms with E-state index in [0.29, 0.717) is 23.2 Å². The summed E-state index contributed by atoms with van der Waals surface area (Å²) < 4.78 is 4.81. The monoisotopic (exact) mass is 404 g/mol. The second-order valence-corrected chi connectivity index (χ2v) is 11.6. The van der Waals surface area contributed by atoms with E-state index in [2.05, 4.69) is 43.2 Å². The highest BCUT2D eigenvalue weighted by molar-refractivity contribution is 7.10. The number of hydrogen-bond donors (Lipinski definition) is 0. The van der Waals surface area contributed by atoms with Gasteiger partial charge in [0.2, 0.25) is 0 Å². The lowest BCUT2D eigenvalue weighted by Crippen LogP contribution is -2.50. The summed E-state index contributed by atoms with van der Waals surface area (Å²) in [7, 11) is 2.10. The highest BCUT2D eigenvalue weighted by atomic mass is 31.0. The van der Waals surface area contributed by atoms with Crippen molar-refractivity contribution >= 4 is 15.4 Å². The average molecular weight is 405 g/mol. The molecule has 0 saturated heterocycles. The van der Waals surface area contributed by atoms with Crippen LogP contribution >= 0.6 is 9.47 Å². The minimum Gasteiger partial charge on any atom is -0.452 e. The minimum absolute atomic E-state index is 0.0790. The predicted octanol–water partition coefficient (Wildman–Crippen LogP) is 6.95. The molecule has 0 aromatic rings. The first-order valence-electron chi connectivity index (χ1n) is 11.9. The molecule has 0 spiro atoms. The Hall–Kier alpha value is -0.360. The molecule has 3 saturated carbocycles. The minimum atomic E-state index is -0.0790. The standard InChI is InChI=1S/C25H41O2P/c1-16-11-13-24(3)18(15-16)6-7-19-21-9-8-20(17(2)5-10-23(26)27-28)25(21,4)14-12-22(19)24/h6,16-17,19-22H,5,7-15,28H2,1-4H3/t16-,17+,19?,20+,21?,22?,24-,25+/m0/s1. The fraction of sp³-hybridized carbons (Fsp3) is 0.880. The van der Waals surface area contributed by atoms with Crippen molar-refractivity contribution in [2.75, 3.05) is 0 Å². The Morgan fingerprint density at radius 2 is 2.00 bits per heavy atom. The third-order valence-electron chi connectivity index (χ3n) is 10.0. The summed E-state index contributed by atoms with van der Waals surface area (Å²) in [6.45, 7) is 10.1. The van der Waals surface area contributed by atoms with Crippen LogP contribution in [0.1, 0.15) is 91.9 Å². The SMILES string of the molecule is C[C@H]1CC[C@@]2(C)C(=CCC3C2CC[C@@]2(C)C3CC[C@@H]2[C@H](C)CCC(=O)OP)C1. The van der Waals surface area contributed by atoms with Gasteiger partial charge in [0.15, 0.2) is 0 Å². The molecule has 0 aromatic heterocycles. The molecular formula is C25H41O2P. The van der Waals surface area contributed by atoms with Crippen molar-refractivity contribution < 1.29 is 9.32 Å². The van der Waals surface area contributed by atoms with Crippen LogP contribution in [0.4, 0.5) is 0 Å². The molecule has 0 aliphatic heterocycles. The second kappa shape index (κ2) is 7.72. The molecule has 4 aliphatic carbocycles. The van der Waals surface area contributed by atoms with Crippen LogP contribution in [-0.2, 0) is 9.32 Å². The Bertz CT molecular complexity index is 642. The maximum atomic E-state index is 11.6. The van der Waals surface area contributed by atoms with E-state index in [1.54, 1.807) is 0 Å². The van der Waals surface area contributed by atoms with Crippen molar-refractivity contribution in [3.63, 3.8) is 0 Å². The van der Waals surface area contributed by atoms with Crippen LogP contribution in [0.5, 0.6) is 0 Å². The lowest BCUT2D eigenvalue weighted by molar-refractivity contribution is -0.133. The average Bonchev–Trinajstić information content (AvgIpc) is 3.03. The summed E-state index contributed by atoms with van der Waals surface area (Å²) in [4.78, 5) is 11.6. The lowest BCUT2D eigenvalue weighted by Gasteiger charge is -2.58. The van der Waals surface area contributed by atoms with Crippen LogP contribution in [0.2, 0.25) is 0 Å². The van der Waals surface area contributed by atoms with E-state index in [1.807, 2.05) is 5.57 Å². The van der Waals surface area contributed by atoms with E-state index in [0.717, 1.165) is 36.0 Å². The molecule has 0 radical (unpaired) electrons. The van der Waals surface area contributed by atoms with Gasteiger partial charge in [-0.1, -0.05) is 39.3 Å². The zero-order valence-corrected chi connectivity index (χ0v) is 19.7. The van der Waals surface area contributed by atoms with Crippen LogP contribution in [0.25, 0.3) is 0 Å². The highest BCUT2D eigenvalue weighted by Crippen LogP contribution is 2.67. The van der Waals surface area contributed by atoms with Crippen LogP contribution in [0, 0.1) is 46.3 Å². The molecular weight excluding hydrogens is 363 g/mol. The summed E-state index contributed by atoms with van der Waals surface area (Å²) in [5.41, 5.74) is 2.79. The number of hydrogen-bond acceptors (Lipinski definition) is 2. The van der Waals surface area contributed by atoms with E-state index in [9.17, 15) is 4.79 Å². The number of carbonyl (C=O) groups excluding carboxylic acids is 1. The van der Waals surface area contributed by atoms with Gasteiger partial charge in [-0.15, -0.1) is 0 Å². The van der Waals surface area contributed by atoms with Gasteiger partial charge in [-0.3, -0.25) is 4.79 Å². The molecule has 4 rings (SSSR count). The zero-order chi connectivity index (χ0) is 20.1. The van der Waals surface area contributed by atoms with Gasteiger partial charge in [-0.2, -0.15) is 0 Å². The molecule has 3 fully saturated rings. The second-order valence-electron chi connectivity index (χ2n) is 11.3. The third-order valence-corrected chi connectivity index (χ3v) is 10.3. The molecule has 4 unspecified atom stereocenters. The first-order chi connectivity index (χ1) is 13.3. The Kier molecular flexibility index (Phi) is 5.76. The molecule has 0 amide bonds. The van der Waals surface area contributed by atoms with Crippen molar-refractivity contribution in [3.8, 4) is 0 Å². The lowest BCUT2D eigenvalue weighted by atomic mass is 9.46. The Labute approximate surface area is 174 Å². The van der Waals surface area contributed by atoms with Gasteiger partial charge >= 0.3 is 5.97 Å². The van der Waals surface area contributed by atoms with E-state index < -0.39 is 0 Å². The quantitative estimate of drug-likeness (QED) is 0.374. The number of fused-ring (bicyclic) bond motifs is 5. The maximum absolute atomic E-state index is 11.6. The van der Waals surface area contributed by atoms with Gasteiger partial charge in [0.05, 0.1) is 9.47 Å². The number of carbonyl (C=O) groups is 1. The van der Waals surface area contributed by atoms with Gasteiger partial charge in [0, 0.05) is 6.42 Å². The molecule has 2 nitrogen and oxygen atoms in total. The van der Waals surface area contributed by atoms with E-state index >= 15 is 0 Å². The van der Waals surface area contributed by atoms with Gasteiger partial charge in [0.25, 0.3) is 0 Å². The summed E-state index contributed by atoms with van der Waals surface area (Å²) >= 11 is 0. The zero-order valence-electron chi connectivity index (χ0n) is 18.5. The smallest absolute Gasteiger partial charge is 0.307 e. The van der Waals surface area contributed by atoms with Crippen LogP contribution in [0.3, 0.4) is 0 Å². The van der Waals surface area contributed by atoms with Crippen molar-refractivity contribution in [1.29, 1.82) is 0 Å². The van der Waals surface area contributed by atoms with Crippen molar-refractivity contribution in [2.45, 2.75) is 91.9 Å². The fourth-order valence-electron chi connectivity index (χ4n) is 8.42. The molecule has 3 heteroatoms. The fourth-order valence-corrected chi connectivity index (χ4v) is 8.54. The van der Waals surface area contributed by atoms with E-state index in [1.165, 1.54) is 51.4 Å². The molecule has 4 aliphatic rings. The molecule has 0 aromatic carbocycles. The normalized spacial score (nSPS) is 46.0. The van der Waals surface area contributed by atoms with Crippen molar-refractivity contribution in [2.24, 2.45) is 46.3 Å². The maximum Gasteiger partial charge on any atom is 0.307 e. The predicted molar refractivity (Wildman–Crippen MR) is 119 cm³/mol. The van der Waals surface area contributed by atoms with Crippen molar-refractivity contribution in [1.82, 2.24) is 0 Å². The van der Waals surface area contributed by atoms with Crippen LogP contribution < -0.4 is 0 Å². The molecule has 0 bridgehead atoms. The largest absolute Gasteiger partial charge is 0.452 e. The van der Waals surface area contributed by atoms with Crippen molar-refractivity contribution in [3.05, 3.63) is 11.6 Å². The Morgan fingerprint density at radius 3 is 2.75 bits per heavy atom. The Morgan fingerprint density at radius 1 is 1.21 bits per heavy atom. The third kappa shape index (κ3) is 3.30. The van der Waals surface area contributed by atoms with E-state index in [4.69, 9.17) is 4.52 Å². The van der Waals surface area contributed by atoms with Gasteiger partial charge in [-0.25, -0.2) is 0 Å². The highest BCUT2D eigenvalue weighted by Gasteiger charge is 2.58.